The fourth-order valence-electron chi connectivity index (χ4n) is 2.15. The largest absolute Gasteiger partial charge is 0.380 e. The molecular weight excluding hydrogens is 188 g/mol. The van der Waals surface area contributed by atoms with E-state index < -0.39 is 0 Å². The van der Waals surface area contributed by atoms with E-state index in [1.54, 1.807) is 0 Å². The molecule has 1 unspecified atom stereocenters. The Morgan fingerprint density at radius 2 is 2.00 bits per heavy atom. The van der Waals surface area contributed by atoms with Gasteiger partial charge in [-0.2, -0.15) is 0 Å². The predicted molar refractivity (Wildman–Crippen MR) is 63.9 cm³/mol. The lowest BCUT2D eigenvalue weighted by molar-refractivity contribution is -0.00551. The molecule has 0 aliphatic carbocycles. The topological polar surface area (TPSA) is 38.5 Å². The third-order valence-electron chi connectivity index (χ3n) is 3.60. The van der Waals surface area contributed by atoms with E-state index in [1.807, 2.05) is 6.92 Å². The van der Waals surface area contributed by atoms with E-state index in [0.29, 0.717) is 6.54 Å². The number of piperidine rings is 1. The molecule has 0 spiro atoms. The van der Waals surface area contributed by atoms with E-state index in [2.05, 4.69) is 18.7 Å². The molecular formula is C12H26N2O. The first kappa shape index (κ1) is 12.9. The zero-order chi connectivity index (χ0) is 11.3. The van der Waals surface area contributed by atoms with Crippen LogP contribution in [0.15, 0.2) is 0 Å². The summed E-state index contributed by atoms with van der Waals surface area (Å²) in [6, 6.07) is 0. The smallest absolute Gasteiger partial charge is 0.0659 e. The van der Waals surface area contributed by atoms with Crippen molar-refractivity contribution in [2.24, 2.45) is 11.7 Å². The molecule has 1 rings (SSSR count). The molecule has 2 N–H and O–H groups in total. The molecule has 15 heavy (non-hydrogen) atoms. The fourth-order valence-corrected chi connectivity index (χ4v) is 2.15. The molecule has 0 saturated carbocycles. The van der Waals surface area contributed by atoms with Gasteiger partial charge in [-0.05, 0) is 45.7 Å². The van der Waals surface area contributed by atoms with Gasteiger partial charge in [0.05, 0.1) is 12.1 Å². The van der Waals surface area contributed by atoms with Crippen LogP contribution in [0.1, 0.15) is 33.6 Å². The number of hydrogen-bond acceptors (Lipinski definition) is 3. The van der Waals surface area contributed by atoms with E-state index in [0.717, 1.165) is 19.1 Å². The van der Waals surface area contributed by atoms with Crippen molar-refractivity contribution in [3.05, 3.63) is 0 Å². The molecule has 3 heteroatoms. The Kier molecular flexibility index (Phi) is 5.03. The minimum Gasteiger partial charge on any atom is -0.380 e. The summed E-state index contributed by atoms with van der Waals surface area (Å²) in [5, 5.41) is 0. The first-order valence-corrected chi connectivity index (χ1v) is 6.15. The van der Waals surface area contributed by atoms with Gasteiger partial charge < -0.3 is 10.5 Å². The second kappa shape index (κ2) is 5.83. The van der Waals surface area contributed by atoms with Crippen LogP contribution in [0.25, 0.3) is 0 Å². The number of likely N-dealkylation sites (tertiary alicyclic amines) is 1. The van der Waals surface area contributed by atoms with Crippen molar-refractivity contribution in [3.8, 4) is 0 Å². The second-order valence-electron chi connectivity index (χ2n) is 5.01. The van der Waals surface area contributed by atoms with Gasteiger partial charge in [0.15, 0.2) is 0 Å². The van der Waals surface area contributed by atoms with E-state index in [9.17, 15) is 0 Å². The maximum absolute atomic E-state index is 5.89. The molecule has 90 valence electrons. The first-order valence-electron chi connectivity index (χ1n) is 6.15. The molecule has 1 fully saturated rings. The number of nitrogens with zero attached hydrogens (tertiary/aromatic N) is 1. The summed E-state index contributed by atoms with van der Waals surface area (Å²) in [6.07, 6.45) is 2.59. The minimum atomic E-state index is 0.0378. The molecule has 0 amide bonds. The lowest BCUT2D eigenvalue weighted by Gasteiger charge is -2.43. The monoisotopic (exact) mass is 214 g/mol. The van der Waals surface area contributed by atoms with Crippen molar-refractivity contribution < 1.29 is 4.74 Å². The van der Waals surface area contributed by atoms with Crippen molar-refractivity contribution in [1.82, 2.24) is 4.90 Å². The summed E-state index contributed by atoms with van der Waals surface area (Å²) < 4.78 is 5.55. The summed E-state index contributed by atoms with van der Waals surface area (Å²) in [6.45, 7) is 11.1. The summed E-state index contributed by atoms with van der Waals surface area (Å²) >= 11 is 0. The number of hydrogen-bond donors (Lipinski definition) is 1. The van der Waals surface area contributed by atoms with Crippen LogP contribution >= 0.6 is 0 Å². The van der Waals surface area contributed by atoms with E-state index in [4.69, 9.17) is 10.5 Å². The Bertz CT molecular complexity index is 178. The average molecular weight is 214 g/mol. The lowest BCUT2D eigenvalue weighted by atomic mass is 9.93. The highest BCUT2D eigenvalue weighted by atomic mass is 16.5. The molecule has 0 aromatic carbocycles. The standard InChI is InChI=1S/C12H26N2O/c1-4-15-10-12(3,9-13)14-7-5-11(2)6-8-14/h11H,4-10,13H2,1-3H3. The molecule has 1 saturated heterocycles. The Hall–Kier alpha value is -0.120. The van der Waals surface area contributed by atoms with E-state index in [-0.39, 0.29) is 5.54 Å². The Labute approximate surface area is 94.0 Å². The number of nitrogens with two attached hydrogens (primary N) is 1. The van der Waals surface area contributed by atoms with Gasteiger partial charge in [0.2, 0.25) is 0 Å². The molecule has 0 aromatic rings. The second-order valence-corrected chi connectivity index (χ2v) is 5.01. The third-order valence-corrected chi connectivity index (χ3v) is 3.60. The highest BCUT2D eigenvalue weighted by Crippen LogP contribution is 2.23. The maximum atomic E-state index is 5.89. The van der Waals surface area contributed by atoms with Crippen LogP contribution < -0.4 is 5.73 Å². The average Bonchev–Trinajstić information content (AvgIpc) is 2.27. The van der Waals surface area contributed by atoms with Gasteiger partial charge in [0, 0.05) is 13.2 Å². The predicted octanol–water partition coefficient (Wildman–Crippen LogP) is 1.47. The van der Waals surface area contributed by atoms with Gasteiger partial charge >= 0.3 is 0 Å². The fraction of sp³-hybridized carbons (Fsp3) is 1.00. The van der Waals surface area contributed by atoms with Crippen molar-refractivity contribution >= 4 is 0 Å². The Morgan fingerprint density at radius 1 is 1.40 bits per heavy atom. The Morgan fingerprint density at radius 3 is 2.47 bits per heavy atom. The van der Waals surface area contributed by atoms with Crippen LogP contribution in [-0.4, -0.2) is 43.3 Å². The van der Waals surface area contributed by atoms with Crippen molar-refractivity contribution in [2.75, 3.05) is 32.8 Å². The van der Waals surface area contributed by atoms with Gasteiger partial charge in [-0.1, -0.05) is 6.92 Å². The molecule has 1 heterocycles. The van der Waals surface area contributed by atoms with Crippen LogP contribution in [0.3, 0.4) is 0 Å². The van der Waals surface area contributed by atoms with E-state index in [1.165, 1.54) is 25.9 Å². The molecule has 0 radical (unpaired) electrons. The molecule has 0 aromatic heterocycles. The van der Waals surface area contributed by atoms with Crippen LogP contribution in [0.2, 0.25) is 0 Å². The third kappa shape index (κ3) is 3.44. The van der Waals surface area contributed by atoms with Crippen molar-refractivity contribution in [2.45, 2.75) is 39.2 Å². The summed E-state index contributed by atoms with van der Waals surface area (Å²) in [7, 11) is 0. The SMILES string of the molecule is CCOCC(C)(CN)N1CCC(C)CC1. The zero-order valence-corrected chi connectivity index (χ0v) is 10.5. The Balaban J connectivity index is 2.49. The molecule has 1 aliphatic rings. The number of rotatable bonds is 5. The lowest BCUT2D eigenvalue weighted by Crippen LogP contribution is -2.57. The number of ether oxygens (including phenoxy) is 1. The van der Waals surface area contributed by atoms with Gasteiger partial charge in [-0.15, -0.1) is 0 Å². The van der Waals surface area contributed by atoms with Crippen molar-refractivity contribution in [3.63, 3.8) is 0 Å². The van der Waals surface area contributed by atoms with Crippen molar-refractivity contribution in [1.29, 1.82) is 0 Å². The molecule has 1 aliphatic heterocycles. The molecule has 1 atom stereocenters. The van der Waals surface area contributed by atoms with Crippen LogP contribution in [0.5, 0.6) is 0 Å². The summed E-state index contributed by atoms with van der Waals surface area (Å²) in [4.78, 5) is 2.50. The van der Waals surface area contributed by atoms with Crippen LogP contribution in [0, 0.1) is 5.92 Å². The molecule has 3 nitrogen and oxygen atoms in total. The van der Waals surface area contributed by atoms with E-state index >= 15 is 0 Å². The van der Waals surface area contributed by atoms with Crippen LogP contribution in [-0.2, 0) is 4.74 Å². The maximum Gasteiger partial charge on any atom is 0.0659 e. The zero-order valence-electron chi connectivity index (χ0n) is 10.5. The van der Waals surface area contributed by atoms with Gasteiger partial charge in [0.25, 0.3) is 0 Å². The minimum absolute atomic E-state index is 0.0378. The van der Waals surface area contributed by atoms with Gasteiger partial charge in [-0.25, -0.2) is 0 Å². The summed E-state index contributed by atoms with van der Waals surface area (Å²) in [5.74, 6) is 0.871. The van der Waals surface area contributed by atoms with Crippen LogP contribution in [0.4, 0.5) is 0 Å². The highest BCUT2D eigenvalue weighted by molar-refractivity contribution is 4.89. The summed E-state index contributed by atoms with van der Waals surface area (Å²) in [5.41, 5.74) is 5.93. The highest BCUT2D eigenvalue weighted by Gasteiger charge is 2.32. The quantitative estimate of drug-likeness (QED) is 0.753. The first-order chi connectivity index (χ1) is 7.12. The normalized spacial score (nSPS) is 24.0. The van der Waals surface area contributed by atoms with Gasteiger partial charge in [0.1, 0.15) is 0 Å². The molecule has 0 bridgehead atoms. The van der Waals surface area contributed by atoms with Gasteiger partial charge in [-0.3, -0.25) is 4.90 Å².